The Morgan fingerprint density at radius 3 is 2.91 bits per heavy atom. The van der Waals surface area contributed by atoms with Gasteiger partial charge in [0.05, 0.1) is 6.04 Å². The van der Waals surface area contributed by atoms with Gasteiger partial charge in [-0.1, -0.05) is 6.07 Å². The lowest BCUT2D eigenvalue weighted by Crippen LogP contribution is -2.50. The molecule has 0 aliphatic carbocycles. The Balaban J connectivity index is 1.62. The molecule has 2 atom stereocenters. The van der Waals surface area contributed by atoms with Crippen LogP contribution in [0.25, 0.3) is 0 Å². The van der Waals surface area contributed by atoms with E-state index in [-0.39, 0.29) is 36.3 Å². The Morgan fingerprint density at radius 1 is 1.35 bits per heavy atom. The van der Waals surface area contributed by atoms with Gasteiger partial charge in [0.15, 0.2) is 0 Å². The van der Waals surface area contributed by atoms with Crippen molar-refractivity contribution in [1.29, 1.82) is 0 Å². The molecule has 0 saturated carbocycles. The maximum absolute atomic E-state index is 13.3. The number of piperidine rings is 1. The molecule has 0 bridgehead atoms. The Bertz CT molecular complexity index is 607. The molecule has 1 aromatic rings. The Morgan fingerprint density at radius 2 is 2.17 bits per heavy atom. The van der Waals surface area contributed by atoms with Crippen molar-refractivity contribution in [2.75, 3.05) is 18.0 Å². The topological polar surface area (TPSA) is 52.7 Å². The first-order valence-corrected chi connectivity index (χ1v) is 8.17. The lowest BCUT2D eigenvalue weighted by molar-refractivity contribution is -0.117. The van der Waals surface area contributed by atoms with Crippen molar-refractivity contribution in [1.82, 2.24) is 10.2 Å². The summed E-state index contributed by atoms with van der Waals surface area (Å²) in [6.07, 6.45) is 3.45. The molecule has 5 nitrogen and oxygen atoms in total. The van der Waals surface area contributed by atoms with Crippen molar-refractivity contribution in [3.8, 4) is 0 Å². The van der Waals surface area contributed by atoms with Gasteiger partial charge in [0.25, 0.3) is 0 Å². The second kappa shape index (κ2) is 6.56. The average Bonchev–Trinajstić information content (AvgIpc) is 2.88. The van der Waals surface area contributed by atoms with Gasteiger partial charge in [-0.25, -0.2) is 9.18 Å². The third-order valence-corrected chi connectivity index (χ3v) is 4.64. The van der Waals surface area contributed by atoms with Crippen LogP contribution in [-0.2, 0) is 4.79 Å². The van der Waals surface area contributed by atoms with Crippen LogP contribution in [0.2, 0.25) is 0 Å². The molecular weight excluding hydrogens is 297 g/mol. The minimum atomic E-state index is -0.370. The number of urea groups is 1. The summed E-state index contributed by atoms with van der Waals surface area (Å²) in [5.74, 6) is -0.461. The second-order valence-electron chi connectivity index (χ2n) is 6.37. The van der Waals surface area contributed by atoms with Crippen molar-refractivity contribution in [3.05, 3.63) is 30.1 Å². The third-order valence-electron chi connectivity index (χ3n) is 4.64. The zero-order valence-corrected chi connectivity index (χ0v) is 13.3. The average molecular weight is 319 g/mol. The highest BCUT2D eigenvalue weighted by atomic mass is 19.1. The van der Waals surface area contributed by atoms with Gasteiger partial charge in [0.2, 0.25) is 5.91 Å². The highest BCUT2D eigenvalue weighted by molar-refractivity contribution is 5.96. The van der Waals surface area contributed by atoms with Crippen molar-refractivity contribution < 1.29 is 14.0 Å². The first kappa shape index (κ1) is 15.8. The van der Waals surface area contributed by atoms with E-state index in [1.165, 1.54) is 17.0 Å². The Kier molecular flexibility index (Phi) is 4.50. The monoisotopic (exact) mass is 319 g/mol. The van der Waals surface area contributed by atoms with Crippen LogP contribution in [0.15, 0.2) is 24.3 Å². The molecule has 3 amide bonds. The van der Waals surface area contributed by atoms with E-state index in [4.69, 9.17) is 0 Å². The number of benzene rings is 1. The smallest absolute Gasteiger partial charge is 0.317 e. The van der Waals surface area contributed by atoms with E-state index in [1.807, 2.05) is 4.90 Å². The van der Waals surface area contributed by atoms with Gasteiger partial charge in [0, 0.05) is 31.2 Å². The number of carbonyl (C=O) groups is 2. The Labute approximate surface area is 135 Å². The largest absolute Gasteiger partial charge is 0.333 e. The fraction of sp³-hybridized carbons (Fsp3) is 0.529. The summed E-state index contributed by atoms with van der Waals surface area (Å²) in [4.78, 5) is 27.9. The van der Waals surface area contributed by atoms with Gasteiger partial charge in [-0.05, 0) is 44.4 Å². The zero-order chi connectivity index (χ0) is 16.4. The number of nitrogens with one attached hydrogen (secondary N) is 1. The van der Waals surface area contributed by atoms with Crippen molar-refractivity contribution in [2.24, 2.45) is 0 Å². The van der Waals surface area contributed by atoms with Gasteiger partial charge in [-0.15, -0.1) is 0 Å². The fourth-order valence-corrected chi connectivity index (χ4v) is 3.36. The summed E-state index contributed by atoms with van der Waals surface area (Å²) < 4.78 is 13.3. The molecule has 1 N–H and O–H groups in total. The number of hydrogen-bond acceptors (Lipinski definition) is 2. The normalized spacial score (nSPS) is 24.9. The molecule has 6 heteroatoms. The highest BCUT2D eigenvalue weighted by Crippen LogP contribution is 2.23. The minimum Gasteiger partial charge on any atom is -0.333 e. The summed E-state index contributed by atoms with van der Waals surface area (Å²) in [6, 6.07) is 5.89. The molecule has 2 heterocycles. The van der Waals surface area contributed by atoms with Crippen molar-refractivity contribution >= 4 is 17.6 Å². The number of amides is 3. The van der Waals surface area contributed by atoms with E-state index in [2.05, 4.69) is 12.2 Å². The molecule has 2 unspecified atom stereocenters. The number of nitrogens with zero attached hydrogens (tertiary/aromatic N) is 2. The van der Waals surface area contributed by atoms with Gasteiger partial charge < -0.3 is 15.1 Å². The lowest BCUT2D eigenvalue weighted by atomic mass is 10.0. The van der Waals surface area contributed by atoms with E-state index in [0.29, 0.717) is 12.2 Å². The fourth-order valence-electron chi connectivity index (χ4n) is 3.36. The molecule has 2 fully saturated rings. The maximum Gasteiger partial charge on any atom is 0.317 e. The van der Waals surface area contributed by atoms with Crippen LogP contribution in [0.5, 0.6) is 0 Å². The van der Waals surface area contributed by atoms with Gasteiger partial charge in [-0.2, -0.15) is 0 Å². The maximum atomic E-state index is 13.3. The number of rotatable bonds is 2. The van der Waals surface area contributed by atoms with Crippen LogP contribution in [-0.4, -0.2) is 42.0 Å². The molecule has 0 aromatic heterocycles. The zero-order valence-electron chi connectivity index (χ0n) is 13.3. The summed E-state index contributed by atoms with van der Waals surface area (Å²) in [6.45, 7) is 3.20. The van der Waals surface area contributed by atoms with Gasteiger partial charge in [-0.3, -0.25) is 4.79 Å². The number of likely N-dealkylation sites (tertiary alicyclic amines) is 1. The number of halogens is 1. The number of carbonyl (C=O) groups excluding carboxylic acids is 2. The van der Waals surface area contributed by atoms with E-state index in [9.17, 15) is 14.0 Å². The molecule has 0 radical (unpaired) electrons. The molecule has 3 rings (SSSR count). The lowest BCUT2D eigenvalue weighted by Gasteiger charge is -2.34. The van der Waals surface area contributed by atoms with Gasteiger partial charge >= 0.3 is 6.03 Å². The molecular formula is C17H22FN3O2. The summed E-state index contributed by atoms with van der Waals surface area (Å²) in [7, 11) is 0. The quantitative estimate of drug-likeness (QED) is 0.910. The first-order valence-electron chi connectivity index (χ1n) is 8.17. The van der Waals surface area contributed by atoms with E-state index < -0.39 is 0 Å². The Hall–Kier alpha value is -2.11. The third kappa shape index (κ3) is 3.46. The molecule has 2 aliphatic rings. The minimum absolute atomic E-state index is 0.0902. The summed E-state index contributed by atoms with van der Waals surface area (Å²) in [5, 5.41) is 2.95. The highest BCUT2D eigenvalue weighted by Gasteiger charge is 2.33. The first-order chi connectivity index (χ1) is 11.0. The molecule has 2 aliphatic heterocycles. The molecule has 124 valence electrons. The number of anilines is 1. The molecule has 0 spiro atoms. The SMILES string of the molecule is CC1CCCCN1C(=O)NC1CC(=O)N(c2cccc(F)c2)C1. The van der Waals surface area contributed by atoms with Crippen LogP contribution < -0.4 is 10.2 Å². The van der Waals surface area contributed by atoms with Gasteiger partial charge in [0.1, 0.15) is 5.82 Å². The van der Waals surface area contributed by atoms with Crippen molar-refractivity contribution in [3.63, 3.8) is 0 Å². The van der Waals surface area contributed by atoms with Crippen LogP contribution in [0, 0.1) is 5.82 Å². The van der Waals surface area contributed by atoms with E-state index >= 15 is 0 Å². The molecule has 2 saturated heterocycles. The van der Waals surface area contributed by atoms with Crippen LogP contribution >= 0.6 is 0 Å². The van der Waals surface area contributed by atoms with E-state index in [0.717, 1.165) is 25.8 Å². The van der Waals surface area contributed by atoms with Crippen molar-refractivity contribution in [2.45, 2.75) is 44.7 Å². The predicted octanol–water partition coefficient (Wildman–Crippen LogP) is 2.52. The summed E-state index contributed by atoms with van der Waals surface area (Å²) >= 11 is 0. The standard InChI is InChI=1S/C17H22FN3O2/c1-12-5-2-3-8-20(12)17(23)19-14-10-16(22)21(11-14)15-7-4-6-13(18)9-15/h4,6-7,9,12,14H,2-3,5,8,10-11H2,1H3,(H,19,23). The van der Waals surface area contributed by atoms with Crippen LogP contribution in [0.3, 0.4) is 0 Å². The number of hydrogen-bond donors (Lipinski definition) is 1. The van der Waals surface area contributed by atoms with Crippen LogP contribution in [0.1, 0.15) is 32.6 Å². The molecule has 23 heavy (non-hydrogen) atoms. The second-order valence-corrected chi connectivity index (χ2v) is 6.37. The van der Waals surface area contributed by atoms with E-state index in [1.54, 1.807) is 12.1 Å². The van der Waals surface area contributed by atoms with Crippen LogP contribution in [0.4, 0.5) is 14.9 Å². The molecule has 1 aromatic carbocycles. The summed E-state index contributed by atoms with van der Waals surface area (Å²) in [5.41, 5.74) is 0.540. The predicted molar refractivity (Wildman–Crippen MR) is 85.7 cm³/mol.